The molecule has 0 atom stereocenters. The van der Waals surface area contributed by atoms with Gasteiger partial charge in [0.15, 0.2) is 23.0 Å². The van der Waals surface area contributed by atoms with Gasteiger partial charge in [0, 0.05) is 232 Å². The van der Waals surface area contributed by atoms with Gasteiger partial charge in [-0.2, -0.15) is 4.98 Å². The molecule has 7 aromatic rings. The number of carbonyl (C=O) groups excluding carboxylic acids is 7. The standard InChI is InChI=1S/C17H27N3O.C16H24FN3O2.C16H24FN3O.C16H25N3O.C15H21F2N3O.C15H24N4O2.C14H22N4O/c1-12(2)20-10-8-17(5,9-11-20)19-16(21)15-13(3)6-7-14(4)18-15;1-11(2)20-7-5-16(3,6-8-20)19-14(21)13-9-12(17)10-18-15(13)22-4;1-11(2)20-9-7-16(4,8-10-20)19-15(21)14-13(17)6-5-12(3)18-14;1-12(2)19-9-6-16(4,7-10-19)18-15(20)14-5-8-17-13(3)11-14;1-10(2)20-6-4-15(3,5-7-20)19-14(21)13-12(17)8-11(16)9-18-13;1-11(2)19-9-6-15(3,7-10-19)18-14(20)13-16-8-5-12(17-13)21-4;1-11(2)18-9-5-14(3,6-10-18)17-13(19)12-15-7-4-8-16-12/h6-7,12H,8-11H2,1-5H3,(H,19,21);9-11H,5-8H2,1-4H3,(H,19,21);5-6,11H,7-10H2,1-4H3,(H,19,21);5,8,11-12H,6-7,9-10H2,1-4H3,(H,18,20);8-10H,4-7H2,1-3H3,(H,19,21);5,8,11H,6-7,9-10H2,1-4H3,(H,18,20);4,7-8,11H,5-6,9-10H2,1-3H3,(H,17,19). The van der Waals surface area contributed by atoms with Crippen LogP contribution >= 0.6 is 0 Å². The first kappa shape index (κ1) is 119. The molecule has 32 nitrogen and oxygen atoms in total. The lowest BCUT2D eigenvalue weighted by molar-refractivity contribution is 0.0782. The predicted molar refractivity (Wildman–Crippen MR) is 560 cm³/mol. The Morgan fingerprint density at radius 3 is 0.972 bits per heavy atom. The van der Waals surface area contributed by atoms with E-state index in [2.05, 4.69) is 241 Å². The second-order valence-electron chi connectivity index (χ2n) is 43.8. The molecule has 14 heterocycles. The summed E-state index contributed by atoms with van der Waals surface area (Å²) in [6.07, 6.45) is 21.1. The molecule has 7 fully saturated rings. The Hall–Kier alpha value is -10.8. The third-order valence-corrected chi connectivity index (χ3v) is 29.2. The summed E-state index contributed by atoms with van der Waals surface area (Å²) < 4.78 is 63.6. The third-order valence-electron chi connectivity index (χ3n) is 29.2. The molecule has 800 valence electrons. The average Bonchev–Trinajstić information content (AvgIpc) is 0.817. The normalized spacial score (nSPS) is 18.8. The molecular weight excluding hydrogens is 1850 g/mol. The van der Waals surface area contributed by atoms with Crippen molar-refractivity contribution in [2.45, 2.75) is 344 Å². The zero-order valence-electron chi connectivity index (χ0n) is 91.4. The highest BCUT2D eigenvalue weighted by Gasteiger charge is 2.41. The molecule has 0 aliphatic carbocycles. The van der Waals surface area contributed by atoms with E-state index in [-0.39, 0.29) is 103 Å². The van der Waals surface area contributed by atoms with Crippen LogP contribution in [0.1, 0.15) is 331 Å². The highest BCUT2D eigenvalue weighted by atomic mass is 19.1. The first-order chi connectivity index (χ1) is 68.1. The molecule has 0 aromatic carbocycles. The maximum Gasteiger partial charge on any atom is 0.289 e. The number of halogens is 4. The summed E-state index contributed by atoms with van der Waals surface area (Å²) in [4.78, 5) is 139. The lowest BCUT2D eigenvalue weighted by Gasteiger charge is -2.41. The Bertz CT molecular complexity index is 5230. The van der Waals surface area contributed by atoms with Gasteiger partial charge in [-0.3, -0.25) is 38.5 Å². The number of nitrogens with one attached hydrogen (secondary N) is 7. The molecule has 0 bridgehead atoms. The fourth-order valence-corrected chi connectivity index (χ4v) is 18.5. The van der Waals surface area contributed by atoms with Crippen LogP contribution in [0.25, 0.3) is 0 Å². The summed E-state index contributed by atoms with van der Waals surface area (Å²) in [6.45, 7) is 66.4. The van der Waals surface area contributed by atoms with Crippen LogP contribution in [0.15, 0.2) is 97.8 Å². The van der Waals surface area contributed by atoms with Crippen LogP contribution in [-0.4, -0.2) is 307 Å². The number of pyridine rings is 5. The van der Waals surface area contributed by atoms with Crippen LogP contribution in [0, 0.1) is 51.0 Å². The van der Waals surface area contributed by atoms with Crippen molar-refractivity contribution in [3.63, 3.8) is 0 Å². The minimum atomic E-state index is -0.935. The van der Waals surface area contributed by atoms with Crippen LogP contribution in [0.3, 0.4) is 0 Å². The summed E-state index contributed by atoms with van der Waals surface area (Å²) in [6, 6.07) is 19.3. The molecular formula is C109H167F4N23O9. The molecule has 7 aromatic heterocycles. The number of methoxy groups -OCH3 is 2. The van der Waals surface area contributed by atoms with Crippen LogP contribution < -0.4 is 46.7 Å². The van der Waals surface area contributed by atoms with Gasteiger partial charge >= 0.3 is 0 Å². The summed E-state index contributed by atoms with van der Waals surface area (Å²) >= 11 is 0. The van der Waals surface area contributed by atoms with E-state index in [1.165, 1.54) is 26.5 Å². The van der Waals surface area contributed by atoms with Gasteiger partial charge in [-0.15, -0.1) is 0 Å². The molecule has 7 aliphatic heterocycles. The lowest BCUT2D eigenvalue weighted by Crippen LogP contribution is -2.54. The van der Waals surface area contributed by atoms with Crippen molar-refractivity contribution in [2.75, 3.05) is 106 Å². The number of rotatable bonds is 23. The zero-order chi connectivity index (χ0) is 107. The lowest BCUT2D eigenvalue weighted by atomic mass is 9.88. The molecule has 0 spiro atoms. The molecule has 7 aliphatic rings. The maximum absolute atomic E-state index is 13.7. The number of aryl methyl sites for hydroxylation is 4. The Morgan fingerprint density at radius 2 is 0.614 bits per heavy atom. The van der Waals surface area contributed by atoms with Crippen molar-refractivity contribution in [1.29, 1.82) is 0 Å². The van der Waals surface area contributed by atoms with E-state index in [0.29, 0.717) is 71.2 Å². The molecule has 7 N–H and O–H groups in total. The van der Waals surface area contributed by atoms with Crippen molar-refractivity contribution in [2.24, 2.45) is 0 Å². The second kappa shape index (κ2) is 54.3. The quantitative estimate of drug-likeness (QED) is 0.0293. The van der Waals surface area contributed by atoms with E-state index in [1.54, 1.807) is 49.8 Å². The highest BCUT2D eigenvalue weighted by molar-refractivity contribution is 5.98. The van der Waals surface area contributed by atoms with Crippen LogP contribution in [0.4, 0.5) is 17.6 Å². The van der Waals surface area contributed by atoms with Gasteiger partial charge in [-0.1, -0.05) is 6.07 Å². The third kappa shape index (κ3) is 37.2. The van der Waals surface area contributed by atoms with E-state index < -0.39 is 35.1 Å². The first-order valence-electron chi connectivity index (χ1n) is 51.7. The second-order valence-corrected chi connectivity index (χ2v) is 43.8. The number of piperidine rings is 7. The van der Waals surface area contributed by atoms with Gasteiger partial charge < -0.3 is 81.0 Å². The van der Waals surface area contributed by atoms with Crippen molar-refractivity contribution < 1.29 is 60.6 Å². The fraction of sp³-hybridized carbons (Fsp3) is 0.633. The molecule has 0 saturated carbocycles. The van der Waals surface area contributed by atoms with E-state index in [9.17, 15) is 51.1 Å². The minimum absolute atomic E-state index is 0.0102. The SMILES string of the molecule is CC(C)N1CCC(C)(NC(=O)c2ncc(F)cc2F)CC1.CC(C)N1CCC(C)(NC(=O)c2ncccn2)CC1.COc1ccnc(C(=O)NC2(C)CCN(C(C)C)CC2)n1.COc1ncc(F)cc1C(=O)NC1(C)CCN(C(C)C)CC1.Cc1cc(C(=O)NC2(C)CCN(C(C)C)CC2)ccn1.Cc1ccc(C)c(C(=O)NC2(C)CCN(C(C)C)CC2)n1.Cc1ccc(F)c(C(=O)NC2(C)CCN(C(C)C)CC2)n1. The highest BCUT2D eigenvalue weighted by Crippen LogP contribution is 2.32. The Morgan fingerprint density at radius 1 is 0.303 bits per heavy atom. The number of aromatic nitrogens is 9. The van der Waals surface area contributed by atoms with Crippen LogP contribution in [-0.2, 0) is 0 Å². The van der Waals surface area contributed by atoms with Crippen LogP contribution in [0.2, 0.25) is 0 Å². The van der Waals surface area contributed by atoms with Crippen molar-refractivity contribution in [3.05, 3.63) is 184 Å². The van der Waals surface area contributed by atoms with Crippen LogP contribution in [0.5, 0.6) is 11.8 Å². The van der Waals surface area contributed by atoms with E-state index in [1.807, 2.05) is 59.7 Å². The maximum atomic E-state index is 13.7. The van der Waals surface area contributed by atoms with Gasteiger partial charge in [0.2, 0.25) is 23.4 Å². The molecule has 0 unspecified atom stereocenters. The number of hydrogen-bond donors (Lipinski definition) is 7. The molecule has 36 heteroatoms. The van der Waals surface area contributed by atoms with E-state index in [4.69, 9.17) is 9.47 Å². The van der Waals surface area contributed by atoms with E-state index in [0.717, 1.165) is 217 Å². The summed E-state index contributed by atoms with van der Waals surface area (Å²) in [5.74, 6) is -3.71. The number of hydrogen-bond acceptors (Lipinski definition) is 25. The monoisotopic (exact) mass is 2020 g/mol. The topological polar surface area (TPSA) is 361 Å². The minimum Gasteiger partial charge on any atom is -0.481 e. The van der Waals surface area contributed by atoms with Crippen molar-refractivity contribution in [1.82, 2.24) is 116 Å². The number of likely N-dealkylation sites (tertiary alicyclic amines) is 7. The smallest absolute Gasteiger partial charge is 0.289 e. The van der Waals surface area contributed by atoms with Gasteiger partial charge in [-0.05, 0) is 311 Å². The number of amides is 7. The largest absolute Gasteiger partial charge is 0.481 e. The Labute approximate surface area is 859 Å². The van der Waals surface area contributed by atoms with Gasteiger partial charge in [0.1, 0.15) is 22.9 Å². The predicted octanol–water partition coefficient (Wildman–Crippen LogP) is 15.1. The molecule has 0 radical (unpaired) electrons. The molecule has 14 rings (SSSR count). The number of carbonyl (C=O) groups is 7. The van der Waals surface area contributed by atoms with Crippen molar-refractivity contribution in [3.8, 4) is 11.8 Å². The van der Waals surface area contributed by atoms with Crippen molar-refractivity contribution >= 4 is 41.4 Å². The summed E-state index contributed by atoms with van der Waals surface area (Å²) in [5, 5.41) is 21.4. The number of nitrogens with zero attached hydrogens (tertiary/aromatic N) is 16. The Kier molecular flexibility index (Phi) is 44.7. The average molecular weight is 2020 g/mol. The van der Waals surface area contributed by atoms with E-state index >= 15 is 0 Å². The number of ether oxygens (including phenoxy) is 2. The first-order valence-corrected chi connectivity index (χ1v) is 51.7. The summed E-state index contributed by atoms with van der Waals surface area (Å²) in [7, 11) is 2.94. The molecule has 7 saturated heterocycles. The van der Waals surface area contributed by atoms with Gasteiger partial charge in [0.05, 0.1) is 26.6 Å². The zero-order valence-corrected chi connectivity index (χ0v) is 91.4. The Balaban J connectivity index is 0.000000207. The fourth-order valence-electron chi connectivity index (χ4n) is 18.5. The molecule has 145 heavy (non-hydrogen) atoms. The molecule has 7 amide bonds. The van der Waals surface area contributed by atoms with Gasteiger partial charge in [-0.25, -0.2) is 52.4 Å². The summed E-state index contributed by atoms with van der Waals surface area (Å²) in [5.41, 5.74) is 2.71. The van der Waals surface area contributed by atoms with Gasteiger partial charge in [0.25, 0.3) is 41.4 Å².